The van der Waals surface area contributed by atoms with E-state index in [-0.39, 0.29) is 0 Å². The van der Waals surface area contributed by atoms with Gasteiger partial charge in [0.05, 0.1) is 21.3 Å². The average molecular weight is 314 g/mol. The van der Waals surface area contributed by atoms with Crippen molar-refractivity contribution in [1.82, 2.24) is 0 Å². The van der Waals surface area contributed by atoms with Crippen LogP contribution in [0.4, 0.5) is 0 Å². The molecule has 1 aliphatic rings. The average Bonchev–Trinajstić information content (AvgIpc) is 3.38. The first kappa shape index (κ1) is 15.4. The molecule has 1 saturated heterocycles. The molecule has 0 spiro atoms. The maximum absolute atomic E-state index is 12.0. The minimum Gasteiger partial charge on any atom is -0.497 e. The van der Waals surface area contributed by atoms with E-state index in [2.05, 4.69) is 0 Å². The molecule has 1 atom stereocenters. The Balaban J connectivity index is 2.02. The summed E-state index contributed by atoms with van der Waals surface area (Å²) in [6.07, 6.45) is -0.658. The fraction of sp³-hybridized carbons (Fsp3) is 0.278. The van der Waals surface area contributed by atoms with Gasteiger partial charge in [0.25, 0.3) is 0 Å². The molecule has 2 aromatic carbocycles. The second-order valence-corrected chi connectivity index (χ2v) is 5.21. The van der Waals surface area contributed by atoms with Gasteiger partial charge in [0.2, 0.25) is 0 Å². The zero-order valence-corrected chi connectivity index (χ0v) is 13.2. The lowest BCUT2D eigenvalue weighted by atomic mass is 9.87. The van der Waals surface area contributed by atoms with Gasteiger partial charge < -0.3 is 18.9 Å². The van der Waals surface area contributed by atoms with Crippen molar-refractivity contribution in [1.29, 1.82) is 0 Å². The molecule has 3 rings (SSSR count). The second kappa shape index (κ2) is 5.93. The Morgan fingerprint density at radius 1 is 0.870 bits per heavy atom. The van der Waals surface area contributed by atoms with Gasteiger partial charge in [0.1, 0.15) is 11.5 Å². The van der Waals surface area contributed by atoms with Crippen LogP contribution in [0.1, 0.15) is 11.1 Å². The molecule has 0 N–H and O–H groups in total. The number of hydrogen-bond acceptors (Lipinski definition) is 5. The third-order valence-corrected chi connectivity index (χ3v) is 4.07. The van der Waals surface area contributed by atoms with Crippen molar-refractivity contribution >= 4 is 5.97 Å². The number of carbonyl (C=O) groups is 1. The molecule has 1 unspecified atom stereocenters. The molecule has 0 aromatic heterocycles. The first-order valence-corrected chi connectivity index (χ1v) is 7.20. The molecule has 0 amide bonds. The lowest BCUT2D eigenvalue weighted by molar-refractivity contribution is -0.142. The summed E-state index contributed by atoms with van der Waals surface area (Å²) in [5.74, 6) is 1.10. The lowest BCUT2D eigenvalue weighted by Crippen LogP contribution is -2.21. The highest BCUT2D eigenvalue weighted by Gasteiger charge is 2.64. The van der Waals surface area contributed by atoms with E-state index in [4.69, 9.17) is 18.9 Å². The van der Waals surface area contributed by atoms with Crippen LogP contribution in [0.3, 0.4) is 0 Å². The summed E-state index contributed by atoms with van der Waals surface area (Å²) in [6.45, 7) is 0. The highest BCUT2D eigenvalue weighted by atomic mass is 16.7. The minimum atomic E-state index is -0.828. The Hall–Kier alpha value is -2.53. The molecule has 5 heteroatoms. The van der Waals surface area contributed by atoms with Gasteiger partial charge >= 0.3 is 5.97 Å². The van der Waals surface area contributed by atoms with Crippen LogP contribution in [-0.2, 0) is 19.9 Å². The largest absolute Gasteiger partial charge is 0.497 e. The van der Waals surface area contributed by atoms with E-state index < -0.39 is 17.7 Å². The van der Waals surface area contributed by atoms with E-state index in [1.54, 1.807) is 14.2 Å². The molecule has 2 aromatic rings. The van der Waals surface area contributed by atoms with Crippen molar-refractivity contribution < 1.29 is 23.7 Å². The Labute approximate surface area is 134 Å². The SMILES string of the molecule is COC(=O)C1OC1(c1ccc(OC)cc1)c1ccc(OC)cc1. The zero-order valence-electron chi connectivity index (χ0n) is 13.2. The van der Waals surface area contributed by atoms with E-state index in [1.807, 2.05) is 48.5 Å². The van der Waals surface area contributed by atoms with E-state index >= 15 is 0 Å². The summed E-state index contributed by atoms with van der Waals surface area (Å²) in [5.41, 5.74) is 0.920. The molecule has 1 heterocycles. The molecule has 0 saturated carbocycles. The van der Waals surface area contributed by atoms with Gasteiger partial charge in [-0.25, -0.2) is 4.79 Å². The summed E-state index contributed by atoms with van der Waals surface area (Å²) < 4.78 is 21.0. The van der Waals surface area contributed by atoms with Crippen LogP contribution in [0.2, 0.25) is 0 Å². The normalized spacial score (nSPS) is 18.1. The summed E-state index contributed by atoms with van der Waals surface area (Å²) in [5, 5.41) is 0. The number of methoxy groups -OCH3 is 3. The molecular weight excluding hydrogens is 296 g/mol. The Kier molecular flexibility index (Phi) is 3.96. The predicted molar refractivity (Wildman–Crippen MR) is 83.7 cm³/mol. The maximum atomic E-state index is 12.0. The first-order valence-electron chi connectivity index (χ1n) is 7.20. The minimum absolute atomic E-state index is 0.392. The Morgan fingerprint density at radius 3 is 1.65 bits per heavy atom. The molecular formula is C18H18O5. The fourth-order valence-electron chi connectivity index (χ4n) is 2.76. The first-order chi connectivity index (χ1) is 11.2. The highest BCUT2D eigenvalue weighted by molar-refractivity contribution is 5.81. The van der Waals surface area contributed by atoms with Crippen LogP contribution < -0.4 is 9.47 Å². The van der Waals surface area contributed by atoms with Crippen molar-refractivity contribution in [2.75, 3.05) is 21.3 Å². The molecule has 1 fully saturated rings. The number of carbonyl (C=O) groups excluding carboxylic acids is 1. The summed E-state index contributed by atoms with van der Waals surface area (Å²) in [6, 6.07) is 15.0. The number of benzene rings is 2. The van der Waals surface area contributed by atoms with Crippen molar-refractivity contribution in [3.8, 4) is 11.5 Å². The van der Waals surface area contributed by atoms with Gasteiger partial charge in [0.15, 0.2) is 11.7 Å². The van der Waals surface area contributed by atoms with Crippen LogP contribution in [0.15, 0.2) is 48.5 Å². The Bertz CT molecular complexity index is 643. The van der Waals surface area contributed by atoms with Crippen LogP contribution in [-0.4, -0.2) is 33.4 Å². The number of esters is 1. The van der Waals surface area contributed by atoms with E-state index in [0.29, 0.717) is 0 Å². The third-order valence-electron chi connectivity index (χ3n) is 4.07. The third kappa shape index (κ3) is 2.53. The molecule has 23 heavy (non-hydrogen) atoms. The summed E-state index contributed by atoms with van der Waals surface area (Å²) in [4.78, 5) is 12.0. The standard InChI is InChI=1S/C18H18O5/c1-20-14-8-4-12(5-9-14)18(16(23-18)17(19)22-3)13-6-10-15(21-2)11-7-13/h4-11,16H,1-3H3. The van der Waals surface area contributed by atoms with Crippen molar-refractivity contribution in [2.24, 2.45) is 0 Å². The van der Waals surface area contributed by atoms with Gasteiger partial charge in [-0.15, -0.1) is 0 Å². The molecule has 0 radical (unpaired) electrons. The smallest absolute Gasteiger partial charge is 0.338 e. The van der Waals surface area contributed by atoms with Gasteiger partial charge in [-0.05, 0) is 35.4 Å². The topological polar surface area (TPSA) is 57.3 Å². The molecule has 120 valence electrons. The molecule has 0 bridgehead atoms. The Morgan fingerprint density at radius 2 is 1.30 bits per heavy atom. The quantitative estimate of drug-likeness (QED) is 0.627. The molecule has 5 nitrogen and oxygen atoms in total. The predicted octanol–water partition coefficient (Wildman–Crippen LogP) is 2.52. The van der Waals surface area contributed by atoms with Crippen molar-refractivity contribution in [3.63, 3.8) is 0 Å². The van der Waals surface area contributed by atoms with Gasteiger partial charge in [-0.1, -0.05) is 24.3 Å². The van der Waals surface area contributed by atoms with Crippen LogP contribution in [0, 0.1) is 0 Å². The molecule has 1 aliphatic heterocycles. The van der Waals surface area contributed by atoms with E-state index in [9.17, 15) is 4.79 Å². The van der Waals surface area contributed by atoms with E-state index in [0.717, 1.165) is 22.6 Å². The summed E-state index contributed by atoms with van der Waals surface area (Å²) in [7, 11) is 4.58. The number of ether oxygens (including phenoxy) is 4. The lowest BCUT2D eigenvalue weighted by Gasteiger charge is -2.15. The van der Waals surface area contributed by atoms with Crippen LogP contribution in [0.25, 0.3) is 0 Å². The van der Waals surface area contributed by atoms with Gasteiger partial charge in [0, 0.05) is 0 Å². The van der Waals surface area contributed by atoms with Crippen LogP contribution in [0.5, 0.6) is 11.5 Å². The number of epoxide rings is 1. The van der Waals surface area contributed by atoms with Crippen LogP contribution >= 0.6 is 0 Å². The van der Waals surface area contributed by atoms with Gasteiger partial charge in [-0.2, -0.15) is 0 Å². The number of rotatable bonds is 5. The highest BCUT2D eigenvalue weighted by Crippen LogP contribution is 2.52. The van der Waals surface area contributed by atoms with Crippen molar-refractivity contribution in [3.05, 3.63) is 59.7 Å². The zero-order chi connectivity index (χ0) is 16.4. The summed E-state index contributed by atoms with van der Waals surface area (Å²) >= 11 is 0. The van der Waals surface area contributed by atoms with E-state index in [1.165, 1.54) is 7.11 Å². The van der Waals surface area contributed by atoms with Crippen molar-refractivity contribution in [2.45, 2.75) is 11.7 Å². The molecule has 0 aliphatic carbocycles. The maximum Gasteiger partial charge on any atom is 0.338 e. The second-order valence-electron chi connectivity index (χ2n) is 5.21. The fourth-order valence-corrected chi connectivity index (χ4v) is 2.76. The monoisotopic (exact) mass is 314 g/mol. The number of hydrogen-bond donors (Lipinski definition) is 0. The van der Waals surface area contributed by atoms with Gasteiger partial charge in [-0.3, -0.25) is 0 Å².